The van der Waals surface area contributed by atoms with E-state index in [1.165, 1.54) is 4.52 Å². The molecular formula is C22H16N6OS. The Balaban J connectivity index is 1.54. The highest BCUT2D eigenvalue weighted by Crippen LogP contribution is 2.32. The molecule has 4 aromatic heterocycles. The molecule has 0 spiro atoms. The summed E-state index contributed by atoms with van der Waals surface area (Å²) in [5, 5.41) is 10.6. The van der Waals surface area contributed by atoms with Crippen molar-refractivity contribution in [1.82, 2.24) is 29.4 Å². The number of thiazole rings is 1. The van der Waals surface area contributed by atoms with E-state index in [2.05, 4.69) is 22.1 Å². The van der Waals surface area contributed by atoms with Crippen LogP contribution in [0.1, 0.15) is 6.92 Å². The van der Waals surface area contributed by atoms with Gasteiger partial charge in [-0.25, -0.2) is 4.98 Å². The number of hydrogen-bond acceptors (Lipinski definition) is 5. The molecule has 8 heteroatoms. The van der Waals surface area contributed by atoms with Crippen LogP contribution in [-0.4, -0.2) is 29.4 Å². The van der Waals surface area contributed by atoms with Gasteiger partial charge in [-0.05, 0) is 36.8 Å². The van der Waals surface area contributed by atoms with Crippen molar-refractivity contribution in [2.75, 3.05) is 0 Å². The zero-order chi connectivity index (χ0) is 20.2. The van der Waals surface area contributed by atoms with Crippen LogP contribution in [0.15, 0.2) is 65.7 Å². The van der Waals surface area contributed by atoms with Gasteiger partial charge in [-0.1, -0.05) is 18.2 Å². The predicted octanol–water partition coefficient (Wildman–Crippen LogP) is 4.34. The van der Waals surface area contributed by atoms with Crippen LogP contribution in [0.3, 0.4) is 0 Å². The van der Waals surface area contributed by atoms with Crippen molar-refractivity contribution < 1.29 is 0 Å². The van der Waals surface area contributed by atoms with Crippen molar-refractivity contribution in [2.45, 2.75) is 13.5 Å². The van der Waals surface area contributed by atoms with Gasteiger partial charge in [0.15, 0.2) is 0 Å². The number of rotatable bonds is 3. The second-order valence-electron chi connectivity index (χ2n) is 7.06. The highest BCUT2D eigenvalue weighted by molar-refractivity contribution is 7.21. The Labute approximate surface area is 174 Å². The van der Waals surface area contributed by atoms with Crippen molar-refractivity contribution >= 4 is 38.1 Å². The molecule has 0 saturated carbocycles. The summed E-state index contributed by atoms with van der Waals surface area (Å²) in [6.45, 7) is 2.88. The van der Waals surface area contributed by atoms with E-state index in [0.717, 1.165) is 49.5 Å². The number of para-hydroxylation sites is 1. The minimum atomic E-state index is -0.185. The topological polar surface area (TPSA) is 80.9 Å². The lowest BCUT2D eigenvalue weighted by atomic mass is 10.1. The van der Waals surface area contributed by atoms with Crippen molar-refractivity contribution in [2.24, 2.45) is 0 Å². The molecule has 0 aliphatic rings. The van der Waals surface area contributed by atoms with E-state index in [4.69, 9.17) is 4.98 Å². The van der Waals surface area contributed by atoms with Crippen molar-refractivity contribution in [1.29, 1.82) is 0 Å². The van der Waals surface area contributed by atoms with E-state index in [0.29, 0.717) is 5.65 Å². The fraction of sp³-hybridized carbons (Fsp3) is 0.0909. The summed E-state index contributed by atoms with van der Waals surface area (Å²) in [5.74, 6) is 0. The number of aryl methyl sites for hydroxylation is 1. The van der Waals surface area contributed by atoms with Gasteiger partial charge in [-0.15, -0.1) is 11.3 Å². The Morgan fingerprint density at radius 3 is 2.83 bits per heavy atom. The summed E-state index contributed by atoms with van der Waals surface area (Å²) >= 11 is 1.59. The maximum absolute atomic E-state index is 12.8. The van der Waals surface area contributed by atoms with Crippen LogP contribution in [-0.2, 0) is 6.54 Å². The molecule has 0 radical (unpaired) electrons. The Hall–Kier alpha value is -3.78. The second-order valence-corrected chi connectivity index (χ2v) is 8.09. The number of hydrogen-bond donors (Lipinski definition) is 1. The Kier molecular flexibility index (Phi) is 3.63. The molecule has 2 aromatic carbocycles. The van der Waals surface area contributed by atoms with Gasteiger partial charge in [0.25, 0.3) is 5.56 Å². The molecule has 0 unspecified atom stereocenters. The molecule has 7 nitrogen and oxygen atoms in total. The first kappa shape index (κ1) is 17.1. The maximum Gasteiger partial charge on any atom is 0.274 e. The zero-order valence-electron chi connectivity index (χ0n) is 16.0. The van der Waals surface area contributed by atoms with E-state index in [-0.39, 0.29) is 5.56 Å². The zero-order valence-corrected chi connectivity index (χ0v) is 16.8. The monoisotopic (exact) mass is 412 g/mol. The summed E-state index contributed by atoms with van der Waals surface area (Å²) in [4.78, 5) is 20.9. The van der Waals surface area contributed by atoms with Crippen molar-refractivity contribution in [3.63, 3.8) is 0 Å². The van der Waals surface area contributed by atoms with Crippen molar-refractivity contribution in [3.05, 3.63) is 71.3 Å². The third-order valence-corrected chi connectivity index (χ3v) is 6.35. The Morgan fingerprint density at radius 1 is 1.07 bits per heavy atom. The summed E-state index contributed by atoms with van der Waals surface area (Å²) in [6, 6.07) is 15.7. The normalized spacial score (nSPS) is 11.8. The van der Waals surface area contributed by atoms with E-state index in [1.807, 2.05) is 53.3 Å². The third kappa shape index (κ3) is 2.50. The third-order valence-electron chi connectivity index (χ3n) is 5.28. The van der Waals surface area contributed by atoms with Gasteiger partial charge in [-0.2, -0.15) is 14.7 Å². The molecule has 30 heavy (non-hydrogen) atoms. The van der Waals surface area contributed by atoms with E-state index in [1.54, 1.807) is 23.6 Å². The lowest BCUT2D eigenvalue weighted by Gasteiger charge is -2.05. The smallest absolute Gasteiger partial charge is 0.274 e. The van der Waals surface area contributed by atoms with Gasteiger partial charge in [0, 0.05) is 18.0 Å². The first-order valence-electron chi connectivity index (χ1n) is 9.64. The molecule has 0 aliphatic heterocycles. The first-order valence-corrected chi connectivity index (χ1v) is 10.5. The number of nitrogens with zero attached hydrogens (tertiary/aromatic N) is 5. The Morgan fingerprint density at radius 2 is 1.97 bits per heavy atom. The summed E-state index contributed by atoms with van der Waals surface area (Å²) < 4.78 is 4.44. The fourth-order valence-electron chi connectivity index (χ4n) is 3.79. The standard InChI is InChI=1S/C22H16N6OS/c1-2-27-18-8-7-13(9-14(18)11-23-27)17-10-20(29)28-21(25-17)15(12-24-28)22-26-16-5-3-4-6-19(16)30-22/h3-12,25H,2H2,1H3. The van der Waals surface area contributed by atoms with Crippen LogP contribution in [0.5, 0.6) is 0 Å². The van der Waals surface area contributed by atoms with Crippen LogP contribution >= 0.6 is 11.3 Å². The number of fused-ring (bicyclic) bond motifs is 3. The first-order chi connectivity index (χ1) is 14.7. The number of benzene rings is 2. The van der Waals surface area contributed by atoms with E-state index >= 15 is 0 Å². The highest BCUT2D eigenvalue weighted by atomic mass is 32.1. The van der Waals surface area contributed by atoms with Crippen LogP contribution < -0.4 is 5.56 Å². The van der Waals surface area contributed by atoms with Crippen LogP contribution in [0.25, 0.3) is 48.6 Å². The number of H-pyrrole nitrogens is 1. The SMILES string of the molecule is CCn1ncc2cc(-c3cc(=O)n4ncc(-c5nc6ccccc6s5)c4[nH]3)ccc21. The molecular weight excluding hydrogens is 396 g/mol. The molecule has 6 aromatic rings. The average Bonchev–Trinajstić information content (AvgIpc) is 3.48. The largest absolute Gasteiger partial charge is 0.339 e. The summed E-state index contributed by atoms with van der Waals surface area (Å²) in [5.41, 5.74) is 4.94. The van der Waals surface area contributed by atoms with Crippen LogP contribution in [0.2, 0.25) is 0 Å². The van der Waals surface area contributed by atoms with Gasteiger partial charge in [0.1, 0.15) is 10.7 Å². The number of aromatic nitrogens is 6. The molecule has 6 rings (SSSR count). The van der Waals surface area contributed by atoms with Crippen LogP contribution in [0.4, 0.5) is 0 Å². The molecule has 0 saturated heterocycles. The lowest BCUT2D eigenvalue weighted by molar-refractivity contribution is 0.684. The predicted molar refractivity (Wildman–Crippen MR) is 119 cm³/mol. The highest BCUT2D eigenvalue weighted by Gasteiger charge is 2.15. The summed E-state index contributed by atoms with van der Waals surface area (Å²) in [7, 11) is 0. The molecule has 0 bridgehead atoms. The van der Waals surface area contributed by atoms with Gasteiger partial charge in [-0.3, -0.25) is 9.48 Å². The quantitative estimate of drug-likeness (QED) is 0.469. The molecule has 0 aliphatic carbocycles. The maximum atomic E-state index is 12.8. The number of aromatic amines is 1. The summed E-state index contributed by atoms with van der Waals surface area (Å²) in [6.07, 6.45) is 3.55. The lowest BCUT2D eigenvalue weighted by Crippen LogP contribution is -2.14. The van der Waals surface area contributed by atoms with Crippen molar-refractivity contribution in [3.8, 4) is 21.8 Å². The number of nitrogens with one attached hydrogen (secondary N) is 1. The molecule has 1 N–H and O–H groups in total. The van der Waals surface area contributed by atoms with Gasteiger partial charge in [0.2, 0.25) is 0 Å². The average molecular weight is 412 g/mol. The molecule has 4 heterocycles. The van der Waals surface area contributed by atoms with E-state index < -0.39 is 0 Å². The van der Waals surface area contributed by atoms with Gasteiger partial charge < -0.3 is 4.98 Å². The fourth-order valence-corrected chi connectivity index (χ4v) is 4.77. The molecule has 0 atom stereocenters. The van der Waals surface area contributed by atoms with E-state index in [9.17, 15) is 4.79 Å². The van der Waals surface area contributed by atoms with Gasteiger partial charge in [0.05, 0.1) is 39.4 Å². The minimum absolute atomic E-state index is 0.185. The second kappa shape index (κ2) is 6.36. The minimum Gasteiger partial charge on any atom is -0.339 e. The Bertz CT molecular complexity index is 1590. The molecule has 146 valence electrons. The molecule has 0 amide bonds. The van der Waals surface area contributed by atoms with Gasteiger partial charge >= 0.3 is 0 Å². The van der Waals surface area contributed by atoms with Crippen LogP contribution in [0, 0.1) is 0 Å². The molecule has 0 fully saturated rings.